The Morgan fingerprint density at radius 2 is 1.64 bits per heavy atom. The molecule has 2 heterocycles. The lowest BCUT2D eigenvalue weighted by Crippen LogP contribution is -2.14. The van der Waals surface area contributed by atoms with E-state index in [9.17, 15) is 13.2 Å². The number of hydrogen-bond acceptors (Lipinski definition) is 7. The van der Waals surface area contributed by atoms with Gasteiger partial charge in [-0.05, 0) is 42.8 Å². The molecule has 0 fully saturated rings. The molecule has 5 aromatic rings. The number of para-hydroxylation sites is 1. The minimum absolute atomic E-state index is 0.0504. The second-order valence-electron chi connectivity index (χ2n) is 7.88. The average molecular weight is 516 g/mol. The van der Waals surface area contributed by atoms with Crippen molar-refractivity contribution in [1.82, 2.24) is 15.2 Å². The van der Waals surface area contributed by atoms with Crippen molar-refractivity contribution in [3.05, 3.63) is 95.5 Å². The first kappa shape index (κ1) is 23.6. The highest BCUT2D eigenvalue weighted by Gasteiger charge is 2.18. The highest BCUT2D eigenvalue weighted by atomic mass is 32.2. The predicted octanol–water partition coefficient (Wildman–Crippen LogP) is 5.37. The van der Waals surface area contributed by atoms with E-state index in [-0.39, 0.29) is 15.9 Å². The number of hydrogen-bond donors (Lipinski definition) is 2. The van der Waals surface area contributed by atoms with E-state index in [0.717, 1.165) is 16.0 Å². The first-order chi connectivity index (χ1) is 17.4. The number of aromatic nitrogens is 3. The Hall–Kier alpha value is -4.15. The predicted molar refractivity (Wildman–Crippen MR) is 142 cm³/mol. The summed E-state index contributed by atoms with van der Waals surface area (Å²) in [6, 6.07) is 24.8. The molecule has 0 bridgehead atoms. The van der Waals surface area contributed by atoms with Crippen LogP contribution in [0.15, 0.2) is 89.8 Å². The number of amides is 1. The smallest absolute Gasteiger partial charge is 0.263 e. The highest BCUT2D eigenvalue weighted by molar-refractivity contribution is 7.93. The van der Waals surface area contributed by atoms with Crippen LogP contribution in [0.5, 0.6) is 0 Å². The highest BCUT2D eigenvalue weighted by Crippen LogP contribution is 2.26. The summed E-state index contributed by atoms with van der Waals surface area (Å²) in [5, 5.41) is 12.3. The van der Waals surface area contributed by atoms with Crippen LogP contribution in [-0.4, -0.2) is 29.5 Å². The van der Waals surface area contributed by atoms with E-state index >= 15 is 0 Å². The van der Waals surface area contributed by atoms with Crippen LogP contribution < -0.4 is 10.0 Å². The maximum atomic E-state index is 13.3. The van der Waals surface area contributed by atoms with Crippen LogP contribution in [-0.2, 0) is 16.4 Å². The first-order valence-corrected chi connectivity index (χ1v) is 13.4. The normalized spacial score (nSPS) is 11.4. The van der Waals surface area contributed by atoms with Crippen LogP contribution in [0.3, 0.4) is 0 Å². The van der Waals surface area contributed by atoms with Gasteiger partial charge in [-0.1, -0.05) is 66.8 Å². The van der Waals surface area contributed by atoms with Crippen molar-refractivity contribution in [2.45, 2.75) is 18.2 Å². The Kier molecular flexibility index (Phi) is 6.45. The molecule has 0 atom stereocenters. The third-order valence-electron chi connectivity index (χ3n) is 5.44. The van der Waals surface area contributed by atoms with Gasteiger partial charge in [-0.3, -0.25) is 9.52 Å². The molecule has 0 unspecified atom stereocenters. The lowest BCUT2D eigenvalue weighted by atomic mass is 10.0. The summed E-state index contributed by atoms with van der Waals surface area (Å²) in [6.07, 6.45) is 0.674. The molecule has 2 aromatic heterocycles. The van der Waals surface area contributed by atoms with Crippen LogP contribution in [0.2, 0.25) is 0 Å². The summed E-state index contributed by atoms with van der Waals surface area (Å²) >= 11 is 1.19. The van der Waals surface area contributed by atoms with Gasteiger partial charge in [0.25, 0.3) is 15.9 Å². The minimum atomic E-state index is -3.83. The van der Waals surface area contributed by atoms with E-state index in [2.05, 4.69) is 20.2 Å². The molecule has 1 amide bonds. The van der Waals surface area contributed by atoms with Gasteiger partial charge in [0.15, 0.2) is 0 Å². The van der Waals surface area contributed by atoms with Gasteiger partial charge in [-0.25, -0.2) is 13.4 Å². The fraction of sp³-hybridized carbons (Fsp3) is 0.0769. The summed E-state index contributed by atoms with van der Waals surface area (Å²) in [5.41, 5.74) is 3.24. The van der Waals surface area contributed by atoms with Gasteiger partial charge in [0.05, 0.1) is 21.7 Å². The maximum absolute atomic E-state index is 13.3. The number of nitrogens with zero attached hydrogens (tertiary/aromatic N) is 3. The number of aryl methyl sites for hydroxylation is 1. The number of anilines is 2. The fourth-order valence-corrected chi connectivity index (χ4v) is 5.56. The van der Waals surface area contributed by atoms with Crippen molar-refractivity contribution in [2.75, 3.05) is 10.0 Å². The van der Waals surface area contributed by atoms with E-state index < -0.39 is 10.0 Å². The molecule has 2 N–H and O–H groups in total. The quantitative estimate of drug-likeness (QED) is 0.301. The molecule has 0 aliphatic rings. The molecular formula is C26H21N5O3S2. The van der Waals surface area contributed by atoms with Crippen molar-refractivity contribution in [3.8, 4) is 11.3 Å². The maximum Gasteiger partial charge on any atom is 0.263 e. The van der Waals surface area contributed by atoms with Crippen LogP contribution in [0, 0.1) is 0 Å². The Morgan fingerprint density at radius 1 is 0.917 bits per heavy atom. The molecule has 0 saturated carbocycles. The van der Waals surface area contributed by atoms with Crippen molar-refractivity contribution < 1.29 is 13.2 Å². The molecule has 0 spiro atoms. The van der Waals surface area contributed by atoms with Crippen molar-refractivity contribution >= 4 is 49.0 Å². The molecular weight excluding hydrogens is 494 g/mol. The monoisotopic (exact) mass is 515 g/mol. The third kappa shape index (κ3) is 4.95. The third-order valence-corrected chi connectivity index (χ3v) is 7.91. The number of carbonyl (C=O) groups excluding carboxylic acids is 1. The summed E-state index contributed by atoms with van der Waals surface area (Å²) in [7, 11) is -3.83. The van der Waals surface area contributed by atoms with Gasteiger partial charge in [0.2, 0.25) is 5.13 Å². The van der Waals surface area contributed by atoms with Crippen LogP contribution in [0.25, 0.3) is 22.2 Å². The van der Waals surface area contributed by atoms with Crippen molar-refractivity contribution in [2.24, 2.45) is 0 Å². The summed E-state index contributed by atoms with van der Waals surface area (Å²) in [6.45, 7) is 1.92. The molecule has 0 aliphatic carbocycles. The van der Waals surface area contributed by atoms with Gasteiger partial charge < -0.3 is 5.32 Å². The Bertz CT molecular complexity index is 1650. The van der Waals surface area contributed by atoms with Crippen LogP contribution in [0.1, 0.15) is 22.3 Å². The second-order valence-corrected chi connectivity index (χ2v) is 10.6. The standard InChI is InChI=1S/C26H21N5O3S2/c1-2-24-29-30-26(35-24)31-36(33,34)19-14-12-18(13-15-19)27-25(32)21-16-23(17-8-4-3-5-9-17)28-22-11-7-6-10-20(21)22/h3-16H,2H2,1H3,(H,27,32)(H,30,31). The Labute approximate surface area is 212 Å². The van der Waals surface area contributed by atoms with E-state index in [4.69, 9.17) is 4.98 Å². The van der Waals surface area contributed by atoms with Gasteiger partial charge in [0, 0.05) is 16.6 Å². The lowest BCUT2D eigenvalue weighted by Gasteiger charge is -2.11. The van der Waals surface area contributed by atoms with Gasteiger partial charge >= 0.3 is 0 Å². The molecule has 3 aromatic carbocycles. The summed E-state index contributed by atoms with van der Waals surface area (Å²) in [5.74, 6) is -0.319. The lowest BCUT2D eigenvalue weighted by molar-refractivity contribution is 0.102. The van der Waals surface area contributed by atoms with E-state index in [0.29, 0.717) is 28.9 Å². The number of nitrogens with one attached hydrogen (secondary N) is 2. The van der Waals surface area contributed by atoms with Gasteiger partial charge in [-0.2, -0.15) is 0 Å². The van der Waals surface area contributed by atoms with Crippen LogP contribution >= 0.6 is 11.3 Å². The molecule has 180 valence electrons. The SMILES string of the molecule is CCc1nnc(NS(=O)(=O)c2ccc(NC(=O)c3cc(-c4ccccc4)nc4ccccc34)cc2)s1. The zero-order chi connectivity index (χ0) is 25.1. The molecule has 0 radical (unpaired) electrons. The molecule has 8 nitrogen and oxygen atoms in total. The number of sulfonamides is 1. The van der Waals surface area contributed by atoms with Crippen LogP contribution in [0.4, 0.5) is 10.8 Å². The minimum Gasteiger partial charge on any atom is -0.322 e. The molecule has 36 heavy (non-hydrogen) atoms. The molecule has 5 rings (SSSR count). The van der Waals surface area contributed by atoms with Crippen molar-refractivity contribution in [3.63, 3.8) is 0 Å². The zero-order valence-corrected chi connectivity index (χ0v) is 20.8. The topological polar surface area (TPSA) is 114 Å². The summed E-state index contributed by atoms with van der Waals surface area (Å²) < 4.78 is 27.9. The Balaban J connectivity index is 1.39. The molecule has 0 saturated heterocycles. The van der Waals surface area contributed by atoms with Gasteiger partial charge in [0.1, 0.15) is 5.01 Å². The summed E-state index contributed by atoms with van der Waals surface area (Å²) in [4.78, 5) is 18.0. The van der Waals surface area contributed by atoms with Gasteiger partial charge in [-0.15, -0.1) is 10.2 Å². The molecule has 10 heteroatoms. The second kappa shape index (κ2) is 9.84. The largest absolute Gasteiger partial charge is 0.322 e. The molecule has 0 aliphatic heterocycles. The Morgan fingerprint density at radius 3 is 2.36 bits per heavy atom. The fourth-order valence-electron chi connectivity index (χ4n) is 3.65. The number of pyridine rings is 1. The van der Waals surface area contributed by atoms with E-state index in [1.165, 1.54) is 23.5 Å². The first-order valence-electron chi connectivity index (χ1n) is 11.1. The number of fused-ring (bicyclic) bond motifs is 1. The van der Waals surface area contributed by atoms with Crippen molar-refractivity contribution in [1.29, 1.82) is 0 Å². The number of carbonyl (C=O) groups is 1. The average Bonchev–Trinajstić information content (AvgIpc) is 3.35. The van der Waals surface area contributed by atoms with E-state index in [1.807, 2.05) is 61.5 Å². The number of rotatable bonds is 7. The van der Waals surface area contributed by atoms with E-state index in [1.54, 1.807) is 18.2 Å². The number of benzene rings is 3. The zero-order valence-electron chi connectivity index (χ0n) is 19.2.